The highest BCUT2D eigenvalue weighted by molar-refractivity contribution is 6.31. The molecule has 2 rings (SSSR count). The predicted octanol–water partition coefficient (Wildman–Crippen LogP) is 5.11. The van der Waals surface area contributed by atoms with Crippen LogP contribution in [0.1, 0.15) is 44.7 Å². The first kappa shape index (κ1) is 19.3. The van der Waals surface area contributed by atoms with Crippen LogP contribution in [0.4, 0.5) is 0 Å². The second-order valence-corrected chi connectivity index (χ2v) is 7.50. The summed E-state index contributed by atoms with van der Waals surface area (Å²) in [4.78, 5) is 11.9. The Morgan fingerprint density at radius 2 is 1.76 bits per heavy atom. The molecule has 2 aromatic carbocycles. The van der Waals surface area contributed by atoms with Crippen LogP contribution in [0.15, 0.2) is 48.5 Å². The van der Waals surface area contributed by atoms with E-state index in [1.54, 1.807) is 0 Å². The Morgan fingerprint density at radius 3 is 2.40 bits per heavy atom. The van der Waals surface area contributed by atoms with Gasteiger partial charge in [0.2, 0.25) is 5.91 Å². The summed E-state index contributed by atoms with van der Waals surface area (Å²) in [6.07, 6.45) is 1.11. The zero-order valence-corrected chi connectivity index (χ0v) is 15.9. The molecule has 0 unspecified atom stereocenters. The number of rotatable bonds is 7. The summed E-state index contributed by atoms with van der Waals surface area (Å²) in [5.74, 6) is 0.844. The fourth-order valence-corrected chi connectivity index (χ4v) is 2.60. The van der Waals surface area contributed by atoms with E-state index >= 15 is 0 Å². The Balaban J connectivity index is 1.67. The summed E-state index contributed by atoms with van der Waals surface area (Å²) in [6, 6.07) is 15.7. The molecule has 0 saturated heterocycles. The van der Waals surface area contributed by atoms with Crippen molar-refractivity contribution in [3.05, 3.63) is 64.7 Å². The maximum absolute atomic E-state index is 11.9. The van der Waals surface area contributed by atoms with Gasteiger partial charge >= 0.3 is 0 Å². The van der Waals surface area contributed by atoms with Crippen molar-refractivity contribution in [2.24, 2.45) is 0 Å². The van der Waals surface area contributed by atoms with E-state index in [4.69, 9.17) is 16.3 Å². The third-order valence-corrected chi connectivity index (χ3v) is 4.34. The van der Waals surface area contributed by atoms with Gasteiger partial charge in [-0.3, -0.25) is 4.79 Å². The molecular weight excluding hydrogens is 334 g/mol. The molecule has 4 heteroatoms. The highest BCUT2D eigenvalue weighted by atomic mass is 35.5. The molecule has 0 spiro atoms. The number of halogens is 1. The van der Waals surface area contributed by atoms with Gasteiger partial charge in [-0.1, -0.05) is 62.7 Å². The lowest BCUT2D eigenvalue weighted by molar-refractivity contribution is -0.121. The Hall–Kier alpha value is -2.00. The monoisotopic (exact) mass is 359 g/mol. The molecule has 3 nitrogen and oxygen atoms in total. The number of ether oxygens (including phenoxy) is 1. The number of hydrogen-bond donors (Lipinski definition) is 1. The second-order valence-electron chi connectivity index (χ2n) is 7.09. The molecule has 0 radical (unpaired) electrons. The second kappa shape index (κ2) is 8.91. The summed E-state index contributed by atoms with van der Waals surface area (Å²) in [5, 5.41) is 3.55. The third kappa shape index (κ3) is 6.43. The van der Waals surface area contributed by atoms with Gasteiger partial charge in [0.15, 0.2) is 0 Å². The highest BCUT2D eigenvalue weighted by Gasteiger charge is 2.13. The maximum Gasteiger partial charge on any atom is 0.220 e. The molecule has 0 aromatic heterocycles. The van der Waals surface area contributed by atoms with Crippen molar-refractivity contribution in [2.75, 3.05) is 6.61 Å². The normalized spacial score (nSPS) is 11.2. The third-order valence-electron chi connectivity index (χ3n) is 3.97. The van der Waals surface area contributed by atoms with Gasteiger partial charge in [0.1, 0.15) is 5.75 Å². The van der Waals surface area contributed by atoms with E-state index in [9.17, 15) is 4.79 Å². The Morgan fingerprint density at radius 1 is 1.08 bits per heavy atom. The number of carbonyl (C=O) groups is 1. The van der Waals surface area contributed by atoms with Crippen LogP contribution in [0.2, 0.25) is 5.02 Å². The minimum absolute atomic E-state index is 0.00611. The van der Waals surface area contributed by atoms with Crippen molar-refractivity contribution < 1.29 is 9.53 Å². The van der Waals surface area contributed by atoms with Gasteiger partial charge < -0.3 is 10.1 Å². The standard InChI is InChI=1S/C21H26ClNO2/c1-21(2,3)17-10-12-18(13-11-17)25-14-6-9-20(24)23-15-16-7-4-5-8-19(16)22/h4-5,7-8,10-13H,6,9,14-15H2,1-3H3,(H,23,24). The average Bonchev–Trinajstić information content (AvgIpc) is 2.57. The van der Waals surface area contributed by atoms with Crippen LogP contribution < -0.4 is 10.1 Å². The van der Waals surface area contributed by atoms with Crippen molar-refractivity contribution >= 4 is 17.5 Å². The van der Waals surface area contributed by atoms with Crippen LogP contribution in [-0.2, 0) is 16.8 Å². The van der Waals surface area contributed by atoms with E-state index in [2.05, 4.69) is 38.2 Å². The molecule has 1 N–H and O–H groups in total. The fraction of sp³-hybridized carbons (Fsp3) is 0.381. The molecular formula is C21H26ClNO2. The van der Waals surface area contributed by atoms with Crippen molar-refractivity contribution in [3.63, 3.8) is 0 Å². The minimum atomic E-state index is 0.00611. The number of amides is 1. The molecule has 134 valence electrons. The smallest absolute Gasteiger partial charge is 0.220 e. The van der Waals surface area contributed by atoms with Gasteiger partial charge in [0.05, 0.1) is 6.61 Å². The molecule has 0 bridgehead atoms. The topological polar surface area (TPSA) is 38.3 Å². The molecule has 25 heavy (non-hydrogen) atoms. The van der Waals surface area contributed by atoms with Gasteiger partial charge in [-0.15, -0.1) is 0 Å². The van der Waals surface area contributed by atoms with Crippen LogP contribution in [0.25, 0.3) is 0 Å². The highest BCUT2D eigenvalue weighted by Crippen LogP contribution is 2.24. The molecule has 1 amide bonds. The lowest BCUT2D eigenvalue weighted by Crippen LogP contribution is -2.23. The van der Waals surface area contributed by atoms with Crippen LogP contribution in [0, 0.1) is 0 Å². The first-order valence-corrected chi connectivity index (χ1v) is 8.97. The van der Waals surface area contributed by atoms with E-state index in [0.29, 0.717) is 31.0 Å². The van der Waals surface area contributed by atoms with Crippen molar-refractivity contribution in [2.45, 2.75) is 45.6 Å². The predicted molar refractivity (Wildman–Crippen MR) is 103 cm³/mol. The molecule has 0 aliphatic heterocycles. The van der Waals surface area contributed by atoms with Crippen LogP contribution in [0.3, 0.4) is 0 Å². The Kier molecular flexibility index (Phi) is 6.89. The molecule has 0 fully saturated rings. The number of benzene rings is 2. The van der Waals surface area contributed by atoms with Gasteiger partial charge in [-0.05, 0) is 41.2 Å². The quantitative estimate of drug-likeness (QED) is 0.697. The average molecular weight is 360 g/mol. The largest absolute Gasteiger partial charge is 0.494 e. The van der Waals surface area contributed by atoms with Gasteiger partial charge in [0, 0.05) is 18.0 Å². The van der Waals surface area contributed by atoms with Crippen LogP contribution in [0.5, 0.6) is 5.75 Å². The van der Waals surface area contributed by atoms with Gasteiger partial charge in [-0.25, -0.2) is 0 Å². The van der Waals surface area contributed by atoms with Gasteiger partial charge in [0.25, 0.3) is 0 Å². The Labute approximate surface area is 155 Å². The molecule has 0 aliphatic carbocycles. The minimum Gasteiger partial charge on any atom is -0.494 e. The molecule has 0 atom stereocenters. The summed E-state index contributed by atoms with van der Waals surface area (Å²) in [6.45, 7) is 7.53. The van der Waals surface area contributed by atoms with E-state index in [1.807, 2.05) is 36.4 Å². The van der Waals surface area contributed by atoms with E-state index in [0.717, 1.165) is 11.3 Å². The lowest BCUT2D eigenvalue weighted by atomic mass is 9.87. The molecule has 0 saturated carbocycles. The summed E-state index contributed by atoms with van der Waals surface area (Å²) in [7, 11) is 0. The Bertz CT molecular complexity index is 690. The first-order chi connectivity index (χ1) is 11.9. The maximum atomic E-state index is 11.9. The van der Waals surface area contributed by atoms with Crippen molar-refractivity contribution in [1.29, 1.82) is 0 Å². The van der Waals surface area contributed by atoms with E-state index in [1.165, 1.54) is 5.56 Å². The number of hydrogen-bond acceptors (Lipinski definition) is 2. The van der Waals surface area contributed by atoms with E-state index < -0.39 is 0 Å². The SMILES string of the molecule is CC(C)(C)c1ccc(OCCCC(=O)NCc2ccccc2Cl)cc1. The fourth-order valence-electron chi connectivity index (χ4n) is 2.40. The number of nitrogens with one attached hydrogen (secondary N) is 1. The molecule has 0 heterocycles. The van der Waals surface area contributed by atoms with Crippen LogP contribution in [-0.4, -0.2) is 12.5 Å². The van der Waals surface area contributed by atoms with Gasteiger partial charge in [-0.2, -0.15) is 0 Å². The zero-order valence-electron chi connectivity index (χ0n) is 15.1. The van der Waals surface area contributed by atoms with Crippen molar-refractivity contribution in [1.82, 2.24) is 5.32 Å². The van der Waals surface area contributed by atoms with Crippen LogP contribution >= 0.6 is 11.6 Å². The first-order valence-electron chi connectivity index (χ1n) is 8.60. The lowest BCUT2D eigenvalue weighted by Gasteiger charge is -2.19. The zero-order chi connectivity index (χ0) is 18.3. The summed E-state index contributed by atoms with van der Waals surface area (Å²) < 4.78 is 5.70. The van der Waals surface area contributed by atoms with Crippen molar-refractivity contribution in [3.8, 4) is 5.75 Å². The molecule has 2 aromatic rings. The van der Waals surface area contributed by atoms with E-state index in [-0.39, 0.29) is 11.3 Å². The number of carbonyl (C=O) groups excluding carboxylic acids is 1. The summed E-state index contributed by atoms with van der Waals surface area (Å²) >= 11 is 6.07. The summed E-state index contributed by atoms with van der Waals surface area (Å²) in [5.41, 5.74) is 2.34. The molecule has 0 aliphatic rings.